The summed E-state index contributed by atoms with van der Waals surface area (Å²) >= 11 is 5.86. The Hall–Kier alpha value is -2.53. The van der Waals surface area contributed by atoms with Gasteiger partial charge in [-0.1, -0.05) is 23.2 Å². The van der Waals surface area contributed by atoms with Crippen molar-refractivity contribution in [2.45, 2.75) is 6.92 Å². The summed E-state index contributed by atoms with van der Waals surface area (Å²) in [5.41, 5.74) is 13.2. The van der Waals surface area contributed by atoms with Crippen LogP contribution in [0.3, 0.4) is 0 Å². The van der Waals surface area contributed by atoms with Gasteiger partial charge in [-0.25, -0.2) is 0 Å². The Morgan fingerprint density at radius 1 is 1.10 bits per heavy atom. The summed E-state index contributed by atoms with van der Waals surface area (Å²) in [6.07, 6.45) is 0. The van der Waals surface area contributed by atoms with Crippen molar-refractivity contribution in [1.82, 2.24) is 0 Å². The van der Waals surface area contributed by atoms with Gasteiger partial charge in [0.25, 0.3) is 5.91 Å². The van der Waals surface area contributed by atoms with Gasteiger partial charge in [-0.3, -0.25) is 9.59 Å². The third-order valence-electron chi connectivity index (χ3n) is 2.94. The summed E-state index contributed by atoms with van der Waals surface area (Å²) in [6, 6.07) is 9.68. The second-order valence-corrected chi connectivity index (χ2v) is 5.01. The largest absolute Gasteiger partial charge is 0.398 e. The minimum atomic E-state index is -0.661. The molecule has 5 nitrogen and oxygen atoms in total. The second-order valence-electron chi connectivity index (χ2n) is 4.60. The fraction of sp³-hybridized carbons (Fsp3) is 0.0667. The highest BCUT2D eigenvalue weighted by atomic mass is 35.5. The van der Waals surface area contributed by atoms with Crippen LogP contribution in [0, 0.1) is 6.92 Å². The Balaban J connectivity index is 2.29. The van der Waals surface area contributed by atoms with Gasteiger partial charge in [-0.05, 0) is 37.3 Å². The van der Waals surface area contributed by atoms with E-state index in [0.29, 0.717) is 16.9 Å². The van der Waals surface area contributed by atoms with Crippen molar-refractivity contribution in [3.05, 3.63) is 58.1 Å². The van der Waals surface area contributed by atoms with E-state index in [0.717, 1.165) is 5.56 Å². The van der Waals surface area contributed by atoms with E-state index in [9.17, 15) is 9.59 Å². The van der Waals surface area contributed by atoms with Crippen molar-refractivity contribution in [3.63, 3.8) is 0 Å². The van der Waals surface area contributed by atoms with E-state index in [2.05, 4.69) is 5.32 Å². The van der Waals surface area contributed by atoms with Crippen molar-refractivity contribution in [1.29, 1.82) is 0 Å². The number of benzene rings is 2. The van der Waals surface area contributed by atoms with Crippen molar-refractivity contribution < 1.29 is 9.59 Å². The van der Waals surface area contributed by atoms with Crippen molar-refractivity contribution in [2.24, 2.45) is 5.73 Å². The third kappa shape index (κ3) is 3.32. The number of nitrogens with two attached hydrogens (primary N) is 2. The molecule has 0 radical (unpaired) electrons. The maximum absolute atomic E-state index is 12.2. The number of hydrogen-bond acceptors (Lipinski definition) is 3. The zero-order chi connectivity index (χ0) is 15.6. The van der Waals surface area contributed by atoms with Gasteiger partial charge in [0.15, 0.2) is 0 Å². The van der Waals surface area contributed by atoms with E-state index in [-0.39, 0.29) is 16.5 Å². The van der Waals surface area contributed by atoms with Crippen LogP contribution < -0.4 is 16.8 Å². The molecule has 0 aliphatic carbocycles. The Labute approximate surface area is 126 Å². The lowest BCUT2D eigenvalue weighted by Gasteiger charge is -2.10. The summed E-state index contributed by atoms with van der Waals surface area (Å²) in [5, 5.41) is 2.90. The first-order chi connectivity index (χ1) is 9.88. The summed E-state index contributed by atoms with van der Waals surface area (Å²) in [4.78, 5) is 23.4. The molecule has 0 bridgehead atoms. The number of halogens is 1. The van der Waals surface area contributed by atoms with Crippen LogP contribution >= 0.6 is 11.6 Å². The second kappa shape index (κ2) is 5.85. The van der Waals surface area contributed by atoms with E-state index in [1.54, 1.807) is 18.2 Å². The lowest BCUT2D eigenvalue weighted by Crippen LogP contribution is -2.16. The predicted molar refractivity (Wildman–Crippen MR) is 83.5 cm³/mol. The van der Waals surface area contributed by atoms with Gasteiger partial charge < -0.3 is 16.8 Å². The maximum atomic E-state index is 12.2. The Morgan fingerprint density at radius 2 is 1.81 bits per heavy atom. The molecule has 2 aromatic carbocycles. The Bertz CT molecular complexity index is 729. The van der Waals surface area contributed by atoms with Crippen LogP contribution in [0.1, 0.15) is 26.3 Å². The molecular weight excluding hydrogens is 290 g/mol. The number of nitrogens with one attached hydrogen (secondary N) is 1. The summed E-state index contributed by atoms with van der Waals surface area (Å²) in [6.45, 7) is 1.86. The molecule has 0 spiro atoms. The molecule has 0 aromatic heterocycles. The molecule has 0 fully saturated rings. The van der Waals surface area contributed by atoms with E-state index in [1.165, 1.54) is 12.1 Å². The summed E-state index contributed by atoms with van der Waals surface area (Å²) < 4.78 is 0. The van der Waals surface area contributed by atoms with Gasteiger partial charge >= 0.3 is 0 Å². The standard InChI is InChI=1S/C15H14ClN3O2/c1-8-2-5-13(17)11(6-8)15(21)19-9-3-4-12(16)10(7-9)14(18)20/h2-7H,17H2,1H3,(H2,18,20)(H,19,21). The summed E-state index contributed by atoms with van der Waals surface area (Å²) in [5.74, 6) is -1.03. The van der Waals surface area contributed by atoms with Gasteiger partial charge in [-0.2, -0.15) is 0 Å². The monoisotopic (exact) mass is 303 g/mol. The van der Waals surface area contributed by atoms with E-state index < -0.39 is 5.91 Å². The van der Waals surface area contributed by atoms with Crippen molar-refractivity contribution in [3.8, 4) is 0 Å². The molecule has 5 N–H and O–H groups in total. The number of carbonyl (C=O) groups is 2. The molecule has 0 unspecified atom stereocenters. The molecule has 0 heterocycles. The molecule has 6 heteroatoms. The van der Waals surface area contributed by atoms with Gasteiger partial charge in [0.1, 0.15) is 0 Å². The highest BCUT2D eigenvalue weighted by Gasteiger charge is 2.12. The Kier molecular flexibility index (Phi) is 4.14. The highest BCUT2D eigenvalue weighted by Crippen LogP contribution is 2.22. The van der Waals surface area contributed by atoms with Gasteiger partial charge in [-0.15, -0.1) is 0 Å². The number of amides is 2. The zero-order valence-electron chi connectivity index (χ0n) is 11.3. The predicted octanol–water partition coefficient (Wildman–Crippen LogP) is 2.58. The van der Waals surface area contributed by atoms with E-state index in [1.807, 2.05) is 13.0 Å². The fourth-order valence-corrected chi connectivity index (χ4v) is 2.07. The topological polar surface area (TPSA) is 98.2 Å². The molecule has 2 rings (SSSR count). The first kappa shape index (κ1) is 14.9. The van der Waals surface area contributed by atoms with Crippen LogP contribution in [-0.2, 0) is 0 Å². The first-order valence-corrected chi connectivity index (χ1v) is 6.53. The van der Waals surface area contributed by atoms with Gasteiger partial charge in [0.05, 0.1) is 16.1 Å². The molecule has 2 aromatic rings. The lowest BCUT2D eigenvalue weighted by atomic mass is 10.1. The minimum Gasteiger partial charge on any atom is -0.398 e. The number of primary amides is 1. The van der Waals surface area contributed by atoms with E-state index >= 15 is 0 Å². The number of nitrogen functional groups attached to an aromatic ring is 1. The van der Waals surface area contributed by atoms with Crippen LogP contribution in [0.5, 0.6) is 0 Å². The molecule has 0 aliphatic heterocycles. The van der Waals surface area contributed by atoms with Crippen molar-refractivity contribution in [2.75, 3.05) is 11.1 Å². The molecule has 0 saturated heterocycles. The molecule has 21 heavy (non-hydrogen) atoms. The maximum Gasteiger partial charge on any atom is 0.257 e. The lowest BCUT2D eigenvalue weighted by molar-refractivity contribution is 0.0996. The fourth-order valence-electron chi connectivity index (χ4n) is 1.86. The van der Waals surface area contributed by atoms with Crippen LogP contribution in [0.4, 0.5) is 11.4 Å². The molecule has 0 atom stereocenters. The van der Waals surface area contributed by atoms with Crippen LogP contribution in [0.15, 0.2) is 36.4 Å². The molecule has 0 saturated carbocycles. The average Bonchev–Trinajstić information content (AvgIpc) is 2.43. The molecule has 2 amide bonds. The SMILES string of the molecule is Cc1ccc(N)c(C(=O)Nc2ccc(Cl)c(C(N)=O)c2)c1. The van der Waals surface area contributed by atoms with Crippen LogP contribution in [0.25, 0.3) is 0 Å². The average molecular weight is 304 g/mol. The Morgan fingerprint density at radius 3 is 2.48 bits per heavy atom. The van der Waals surface area contributed by atoms with Crippen molar-refractivity contribution >= 4 is 34.8 Å². The normalized spacial score (nSPS) is 10.2. The number of hydrogen-bond donors (Lipinski definition) is 3. The third-order valence-corrected chi connectivity index (χ3v) is 3.27. The number of rotatable bonds is 3. The molecular formula is C15H14ClN3O2. The first-order valence-electron chi connectivity index (χ1n) is 6.15. The van der Waals surface area contributed by atoms with Crippen LogP contribution in [0.2, 0.25) is 5.02 Å². The number of aryl methyl sites for hydroxylation is 1. The smallest absolute Gasteiger partial charge is 0.257 e. The highest BCUT2D eigenvalue weighted by molar-refractivity contribution is 6.34. The van der Waals surface area contributed by atoms with Crippen LogP contribution in [-0.4, -0.2) is 11.8 Å². The van der Waals surface area contributed by atoms with Gasteiger partial charge in [0, 0.05) is 11.4 Å². The minimum absolute atomic E-state index is 0.145. The zero-order valence-corrected chi connectivity index (χ0v) is 12.1. The quantitative estimate of drug-likeness (QED) is 0.760. The number of anilines is 2. The number of carbonyl (C=O) groups excluding carboxylic acids is 2. The van der Waals surface area contributed by atoms with Gasteiger partial charge in [0.2, 0.25) is 5.91 Å². The molecule has 0 aliphatic rings. The molecule has 108 valence electrons. The summed E-state index contributed by atoms with van der Waals surface area (Å²) in [7, 11) is 0. The van der Waals surface area contributed by atoms with E-state index in [4.69, 9.17) is 23.1 Å².